The maximum absolute atomic E-state index is 13.1. The van der Waals surface area contributed by atoms with Crippen molar-refractivity contribution in [2.24, 2.45) is 5.92 Å². The average Bonchev–Trinajstić information content (AvgIpc) is 2.73. The molecule has 2 heterocycles. The molecular formula is C23H32N2O3. The Bertz CT molecular complexity index is 712. The lowest BCUT2D eigenvalue weighted by molar-refractivity contribution is -0.116. The molecule has 2 amide bonds. The van der Waals surface area contributed by atoms with Crippen LogP contribution in [0, 0.1) is 5.92 Å². The van der Waals surface area contributed by atoms with Gasteiger partial charge in [-0.2, -0.15) is 0 Å². The van der Waals surface area contributed by atoms with Crippen LogP contribution in [0.15, 0.2) is 18.2 Å². The molecule has 1 aromatic rings. The number of hydrogen-bond acceptors (Lipinski definition) is 3. The van der Waals surface area contributed by atoms with Gasteiger partial charge >= 0.3 is 0 Å². The van der Waals surface area contributed by atoms with Gasteiger partial charge < -0.3 is 15.0 Å². The van der Waals surface area contributed by atoms with Crippen molar-refractivity contribution in [1.82, 2.24) is 4.90 Å². The molecule has 1 atom stereocenters. The van der Waals surface area contributed by atoms with Gasteiger partial charge in [-0.15, -0.1) is 0 Å². The normalized spacial score (nSPS) is 23.1. The van der Waals surface area contributed by atoms with E-state index in [1.54, 1.807) is 6.07 Å². The molecule has 1 saturated heterocycles. The first-order chi connectivity index (χ1) is 13.7. The third kappa shape index (κ3) is 4.50. The summed E-state index contributed by atoms with van der Waals surface area (Å²) in [5, 5.41) is 3.00. The van der Waals surface area contributed by atoms with Crippen LogP contribution in [0.5, 0.6) is 5.75 Å². The summed E-state index contributed by atoms with van der Waals surface area (Å²) < 4.78 is 5.87. The summed E-state index contributed by atoms with van der Waals surface area (Å²) in [6.07, 6.45) is 12.2. The van der Waals surface area contributed by atoms with Crippen molar-refractivity contribution in [3.63, 3.8) is 0 Å². The molecule has 2 aliphatic heterocycles. The molecular weight excluding hydrogens is 352 g/mol. The Morgan fingerprint density at radius 1 is 1.07 bits per heavy atom. The molecule has 5 heteroatoms. The molecule has 0 bridgehead atoms. The maximum atomic E-state index is 13.1. The molecule has 1 aliphatic carbocycles. The molecule has 5 nitrogen and oxygen atoms in total. The summed E-state index contributed by atoms with van der Waals surface area (Å²) >= 11 is 0. The van der Waals surface area contributed by atoms with Gasteiger partial charge in [-0.3, -0.25) is 9.59 Å². The number of benzene rings is 1. The third-order valence-electron chi connectivity index (χ3n) is 6.59. The highest BCUT2D eigenvalue weighted by molar-refractivity contribution is 5.99. The van der Waals surface area contributed by atoms with Crippen LogP contribution >= 0.6 is 0 Å². The maximum Gasteiger partial charge on any atom is 0.257 e. The van der Waals surface area contributed by atoms with Gasteiger partial charge in [0.1, 0.15) is 5.75 Å². The van der Waals surface area contributed by atoms with Gasteiger partial charge in [-0.05, 0) is 49.8 Å². The predicted octanol–water partition coefficient (Wildman–Crippen LogP) is 4.76. The number of fused-ring (bicyclic) bond motifs is 2. The molecule has 0 aromatic heterocycles. The molecule has 1 saturated carbocycles. The molecule has 0 radical (unpaired) electrons. The number of piperidine rings is 1. The minimum Gasteiger partial charge on any atom is -0.493 e. The second kappa shape index (κ2) is 8.97. The second-order valence-corrected chi connectivity index (χ2v) is 8.59. The number of ether oxygens (including phenoxy) is 1. The molecule has 2 fully saturated rings. The molecule has 1 N–H and O–H groups in total. The Kier molecular flexibility index (Phi) is 6.18. The van der Waals surface area contributed by atoms with Gasteiger partial charge in [0.2, 0.25) is 5.91 Å². The number of carbonyl (C=O) groups is 2. The van der Waals surface area contributed by atoms with Gasteiger partial charge in [0.15, 0.2) is 0 Å². The Balaban J connectivity index is 1.42. The molecule has 3 aliphatic rings. The zero-order chi connectivity index (χ0) is 19.3. The van der Waals surface area contributed by atoms with Gasteiger partial charge in [0, 0.05) is 31.1 Å². The number of nitrogens with one attached hydrogen (secondary N) is 1. The van der Waals surface area contributed by atoms with Crippen LogP contribution in [0.1, 0.15) is 81.0 Å². The standard InChI is InChI=1S/C23H32N2O3/c26-22(12-9-17-6-2-1-3-7-17)24-18-10-11-21-20(16-18)23(27)25-14-5-4-8-19(25)13-15-28-21/h10-11,16-17,19H,1-9,12-15H2,(H,24,26). The van der Waals surface area contributed by atoms with E-state index in [0.29, 0.717) is 35.9 Å². The zero-order valence-corrected chi connectivity index (χ0v) is 16.8. The summed E-state index contributed by atoms with van der Waals surface area (Å²) in [6.45, 7) is 1.45. The van der Waals surface area contributed by atoms with Crippen LogP contribution in [-0.4, -0.2) is 35.9 Å². The number of carbonyl (C=O) groups excluding carboxylic acids is 2. The number of nitrogens with zero attached hydrogens (tertiary/aromatic N) is 1. The highest BCUT2D eigenvalue weighted by Gasteiger charge is 2.31. The molecule has 4 rings (SSSR count). The molecule has 0 spiro atoms. The first-order valence-corrected chi connectivity index (χ1v) is 11.1. The topological polar surface area (TPSA) is 58.6 Å². The van der Waals surface area contributed by atoms with Crippen LogP contribution in [0.25, 0.3) is 0 Å². The van der Waals surface area contributed by atoms with Gasteiger partial charge in [0.05, 0.1) is 12.2 Å². The van der Waals surface area contributed by atoms with Crippen molar-refractivity contribution in [3.8, 4) is 5.75 Å². The molecule has 1 unspecified atom stereocenters. The van der Waals surface area contributed by atoms with Gasteiger partial charge in [-0.25, -0.2) is 0 Å². The minimum absolute atomic E-state index is 0.0395. The number of anilines is 1. The van der Waals surface area contributed by atoms with E-state index < -0.39 is 0 Å². The Hall–Kier alpha value is -2.04. The number of amides is 2. The smallest absolute Gasteiger partial charge is 0.257 e. The molecule has 152 valence electrons. The Labute approximate surface area is 167 Å². The van der Waals surface area contributed by atoms with Crippen molar-refractivity contribution in [1.29, 1.82) is 0 Å². The zero-order valence-electron chi connectivity index (χ0n) is 16.8. The Morgan fingerprint density at radius 3 is 2.75 bits per heavy atom. The van der Waals surface area contributed by atoms with E-state index in [9.17, 15) is 9.59 Å². The van der Waals surface area contributed by atoms with Crippen molar-refractivity contribution in [3.05, 3.63) is 23.8 Å². The lowest BCUT2D eigenvalue weighted by Crippen LogP contribution is -2.45. The predicted molar refractivity (Wildman–Crippen MR) is 110 cm³/mol. The lowest BCUT2D eigenvalue weighted by atomic mass is 9.86. The number of rotatable bonds is 4. The van der Waals surface area contributed by atoms with E-state index in [0.717, 1.165) is 32.2 Å². The fourth-order valence-corrected chi connectivity index (χ4v) is 4.96. The van der Waals surface area contributed by atoms with Crippen molar-refractivity contribution >= 4 is 17.5 Å². The van der Waals surface area contributed by atoms with E-state index in [4.69, 9.17) is 4.74 Å². The summed E-state index contributed by atoms with van der Waals surface area (Å²) in [7, 11) is 0. The third-order valence-corrected chi connectivity index (χ3v) is 6.59. The Morgan fingerprint density at radius 2 is 1.89 bits per heavy atom. The van der Waals surface area contributed by atoms with E-state index >= 15 is 0 Å². The molecule has 28 heavy (non-hydrogen) atoms. The second-order valence-electron chi connectivity index (χ2n) is 8.59. The van der Waals surface area contributed by atoms with Crippen molar-refractivity contribution in [2.45, 2.75) is 76.7 Å². The first-order valence-electron chi connectivity index (χ1n) is 11.1. The van der Waals surface area contributed by atoms with Gasteiger partial charge in [0.25, 0.3) is 5.91 Å². The van der Waals surface area contributed by atoms with E-state index in [1.807, 2.05) is 17.0 Å². The lowest BCUT2D eigenvalue weighted by Gasteiger charge is -2.37. The van der Waals surface area contributed by atoms with Crippen molar-refractivity contribution < 1.29 is 14.3 Å². The molecule has 1 aromatic carbocycles. The highest BCUT2D eigenvalue weighted by Crippen LogP contribution is 2.31. The monoisotopic (exact) mass is 384 g/mol. The van der Waals surface area contributed by atoms with E-state index in [-0.39, 0.29) is 17.9 Å². The summed E-state index contributed by atoms with van der Waals surface area (Å²) in [6, 6.07) is 5.75. The SMILES string of the molecule is O=C(CCC1CCCCC1)Nc1ccc2c(c1)C(=O)N1CCCCC1CCO2. The average molecular weight is 385 g/mol. The van der Waals surface area contributed by atoms with Crippen LogP contribution in [0.4, 0.5) is 5.69 Å². The highest BCUT2D eigenvalue weighted by atomic mass is 16.5. The van der Waals surface area contributed by atoms with Gasteiger partial charge in [-0.1, -0.05) is 32.1 Å². The van der Waals surface area contributed by atoms with Crippen LogP contribution < -0.4 is 10.1 Å². The van der Waals surface area contributed by atoms with E-state index in [2.05, 4.69) is 5.32 Å². The van der Waals surface area contributed by atoms with Crippen LogP contribution in [-0.2, 0) is 4.79 Å². The quantitative estimate of drug-likeness (QED) is 0.814. The summed E-state index contributed by atoms with van der Waals surface area (Å²) in [5.41, 5.74) is 1.27. The van der Waals surface area contributed by atoms with Crippen LogP contribution in [0.3, 0.4) is 0 Å². The fourth-order valence-electron chi connectivity index (χ4n) is 4.96. The number of hydrogen-bond donors (Lipinski definition) is 1. The largest absolute Gasteiger partial charge is 0.493 e. The minimum atomic E-state index is 0.0395. The first kappa shape index (κ1) is 19.3. The van der Waals surface area contributed by atoms with Crippen LogP contribution in [0.2, 0.25) is 0 Å². The van der Waals surface area contributed by atoms with E-state index in [1.165, 1.54) is 38.5 Å². The fraction of sp³-hybridized carbons (Fsp3) is 0.652. The van der Waals surface area contributed by atoms with Crippen molar-refractivity contribution in [2.75, 3.05) is 18.5 Å². The summed E-state index contributed by atoms with van der Waals surface area (Å²) in [5.74, 6) is 1.41. The summed E-state index contributed by atoms with van der Waals surface area (Å²) in [4.78, 5) is 27.6.